The SMILES string of the molecule is CC(C)(C)N1CCN(c2cnccc2C(=N)N)CC1. The largest absolute Gasteiger partial charge is 0.384 e. The molecule has 0 aromatic carbocycles. The molecule has 3 N–H and O–H groups in total. The Hall–Kier alpha value is -1.62. The van der Waals surface area contributed by atoms with E-state index in [0.717, 1.165) is 37.4 Å². The van der Waals surface area contributed by atoms with E-state index in [-0.39, 0.29) is 11.4 Å². The van der Waals surface area contributed by atoms with Gasteiger partial charge in [-0.05, 0) is 26.8 Å². The minimum absolute atomic E-state index is 0.107. The van der Waals surface area contributed by atoms with Crippen LogP contribution in [0.25, 0.3) is 0 Å². The topological polar surface area (TPSA) is 69.2 Å². The Kier molecular flexibility index (Phi) is 3.75. The molecular formula is C14H23N5. The Morgan fingerprint density at radius 1 is 1.26 bits per heavy atom. The van der Waals surface area contributed by atoms with Gasteiger partial charge in [-0.15, -0.1) is 0 Å². The maximum absolute atomic E-state index is 7.65. The molecule has 0 bridgehead atoms. The fourth-order valence-corrected chi connectivity index (χ4v) is 2.48. The van der Waals surface area contributed by atoms with Crippen LogP contribution < -0.4 is 10.6 Å². The summed E-state index contributed by atoms with van der Waals surface area (Å²) in [5.74, 6) is 0.107. The molecule has 0 spiro atoms. The van der Waals surface area contributed by atoms with Crippen molar-refractivity contribution in [2.24, 2.45) is 5.73 Å². The van der Waals surface area contributed by atoms with Gasteiger partial charge in [0.1, 0.15) is 5.84 Å². The Labute approximate surface area is 114 Å². The third-order valence-electron chi connectivity index (χ3n) is 3.66. The standard InChI is InChI=1S/C14H23N5/c1-14(2,3)19-8-6-18(7-9-19)12-10-17-5-4-11(12)13(15)16/h4-5,10H,6-9H2,1-3H3,(H3,15,16). The zero-order chi connectivity index (χ0) is 14.0. The molecule has 0 saturated carbocycles. The Morgan fingerprint density at radius 2 is 1.89 bits per heavy atom. The summed E-state index contributed by atoms with van der Waals surface area (Å²) in [5, 5.41) is 7.65. The van der Waals surface area contributed by atoms with Crippen LogP contribution in [0.5, 0.6) is 0 Å². The van der Waals surface area contributed by atoms with Gasteiger partial charge in [-0.1, -0.05) is 0 Å². The second-order valence-corrected chi connectivity index (χ2v) is 5.95. The average molecular weight is 261 g/mol. The predicted molar refractivity (Wildman–Crippen MR) is 78.8 cm³/mol. The molecule has 0 atom stereocenters. The number of nitrogens with two attached hydrogens (primary N) is 1. The summed E-state index contributed by atoms with van der Waals surface area (Å²) >= 11 is 0. The van der Waals surface area contributed by atoms with E-state index in [1.54, 1.807) is 6.20 Å². The summed E-state index contributed by atoms with van der Waals surface area (Å²) in [7, 11) is 0. The van der Waals surface area contributed by atoms with Gasteiger partial charge in [0.25, 0.3) is 0 Å². The molecule has 0 unspecified atom stereocenters. The Bertz CT molecular complexity index is 455. The first-order valence-electron chi connectivity index (χ1n) is 6.68. The molecule has 1 aliphatic rings. The van der Waals surface area contributed by atoms with Crippen molar-refractivity contribution >= 4 is 11.5 Å². The zero-order valence-corrected chi connectivity index (χ0v) is 12.0. The highest BCUT2D eigenvalue weighted by Crippen LogP contribution is 2.23. The molecule has 1 fully saturated rings. The van der Waals surface area contributed by atoms with Crippen LogP contribution in [0.3, 0.4) is 0 Å². The van der Waals surface area contributed by atoms with Gasteiger partial charge in [0, 0.05) is 43.5 Å². The molecule has 1 saturated heterocycles. The summed E-state index contributed by atoms with van der Waals surface area (Å²) in [6.45, 7) is 10.7. The first-order chi connectivity index (χ1) is 8.89. The van der Waals surface area contributed by atoms with Gasteiger partial charge in [0.15, 0.2) is 0 Å². The van der Waals surface area contributed by atoms with Crippen molar-refractivity contribution in [3.8, 4) is 0 Å². The minimum atomic E-state index is 0.107. The highest BCUT2D eigenvalue weighted by molar-refractivity contribution is 6.00. The minimum Gasteiger partial charge on any atom is -0.384 e. The smallest absolute Gasteiger partial charge is 0.125 e. The van der Waals surface area contributed by atoms with Crippen LogP contribution in [0.2, 0.25) is 0 Å². The van der Waals surface area contributed by atoms with Crippen molar-refractivity contribution in [1.29, 1.82) is 5.41 Å². The quantitative estimate of drug-likeness (QED) is 0.621. The van der Waals surface area contributed by atoms with E-state index in [9.17, 15) is 0 Å². The number of rotatable bonds is 2. The summed E-state index contributed by atoms with van der Waals surface area (Å²) < 4.78 is 0. The third kappa shape index (κ3) is 3.04. The van der Waals surface area contributed by atoms with Crippen LogP contribution in [-0.4, -0.2) is 47.4 Å². The summed E-state index contributed by atoms with van der Waals surface area (Å²) in [6.07, 6.45) is 3.50. The van der Waals surface area contributed by atoms with Gasteiger partial charge in [-0.3, -0.25) is 15.3 Å². The first-order valence-corrected chi connectivity index (χ1v) is 6.68. The van der Waals surface area contributed by atoms with E-state index in [1.807, 2.05) is 12.3 Å². The molecule has 1 aliphatic heterocycles. The van der Waals surface area contributed by atoms with E-state index in [4.69, 9.17) is 11.1 Å². The van der Waals surface area contributed by atoms with Gasteiger partial charge < -0.3 is 10.6 Å². The lowest BCUT2D eigenvalue weighted by atomic mass is 10.0. The molecule has 2 rings (SSSR count). The number of pyridine rings is 1. The lowest BCUT2D eigenvalue weighted by Crippen LogP contribution is -2.53. The van der Waals surface area contributed by atoms with Crippen LogP contribution in [0.15, 0.2) is 18.5 Å². The number of hydrogen-bond acceptors (Lipinski definition) is 4. The lowest BCUT2D eigenvalue weighted by molar-refractivity contribution is 0.128. The zero-order valence-electron chi connectivity index (χ0n) is 12.0. The molecule has 104 valence electrons. The van der Waals surface area contributed by atoms with Crippen molar-refractivity contribution in [2.45, 2.75) is 26.3 Å². The second-order valence-electron chi connectivity index (χ2n) is 5.95. The number of amidine groups is 1. The molecule has 2 heterocycles. The fraction of sp³-hybridized carbons (Fsp3) is 0.571. The van der Waals surface area contributed by atoms with E-state index < -0.39 is 0 Å². The van der Waals surface area contributed by atoms with E-state index in [2.05, 4.69) is 35.6 Å². The summed E-state index contributed by atoms with van der Waals surface area (Å²) in [4.78, 5) is 8.91. The molecule has 1 aromatic heterocycles. The number of hydrogen-bond donors (Lipinski definition) is 2. The van der Waals surface area contributed by atoms with Crippen LogP contribution in [0.4, 0.5) is 5.69 Å². The van der Waals surface area contributed by atoms with E-state index >= 15 is 0 Å². The number of aromatic nitrogens is 1. The highest BCUT2D eigenvalue weighted by Gasteiger charge is 2.26. The molecular weight excluding hydrogens is 238 g/mol. The van der Waals surface area contributed by atoms with Crippen molar-refractivity contribution in [1.82, 2.24) is 9.88 Å². The molecule has 0 aliphatic carbocycles. The second kappa shape index (κ2) is 5.17. The lowest BCUT2D eigenvalue weighted by Gasteiger charge is -2.43. The van der Waals surface area contributed by atoms with E-state index in [1.165, 1.54) is 0 Å². The molecule has 5 heteroatoms. The summed E-state index contributed by atoms with van der Waals surface area (Å²) in [6, 6.07) is 1.81. The molecule has 0 radical (unpaired) electrons. The fourth-order valence-electron chi connectivity index (χ4n) is 2.48. The number of nitrogens with zero attached hydrogens (tertiary/aromatic N) is 3. The van der Waals surface area contributed by atoms with Crippen LogP contribution in [0, 0.1) is 5.41 Å². The van der Waals surface area contributed by atoms with Crippen LogP contribution in [-0.2, 0) is 0 Å². The number of nitrogen functional groups attached to an aromatic ring is 1. The van der Waals surface area contributed by atoms with Gasteiger partial charge in [0.2, 0.25) is 0 Å². The van der Waals surface area contributed by atoms with Crippen LogP contribution >= 0.6 is 0 Å². The molecule has 19 heavy (non-hydrogen) atoms. The molecule has 5 nitrogen and oxygen atoms in total. The normalized spacial score (nSPS) is 17.5. The van der Waals surface area contributed by atoms with Gasteiger partial charge in [0.05, 0.1) is 11.9 Å². The third-order valence-corrected chi connectivity index (χ3v) is 3.66. The first kappa shape index (κ1) is 13.8. The Morgan fingerprint density at radius 3 is 2.42 bits per heavy atom. The Balaban J connectivity index is 2.12. The number of piperazine rings is 1. The van der Waals surface area contributed by atoms with Gasteiger partial charge in [-0.2, -0.15) is 0 Å². The maximum atomic E-state index is 7.65. The van der Waals surface area contributed by atoms with Crippen molar-refractivity contribution in [2.75, 3.05) is 31.1 Å². The summed E-state index contributed by atoms with van der Waals surface area (Å²) in [5.41, 5.74) is 7.60. The number of anilines is 1. The van der Waals surface area contributed by atoms with Crippen molar-refractivity contribution < 1.29 is 0 Å². The molecule has 1 aromatic rings. The van der Waals surface area contributed by atoms with Crippen molar-refractivity contribution in [3.05, 3.63) is 24.0 Å². The average Bonchev–Trinajstić information content (AvgIpc) is 2.38. The van der Waals surface area contributed by atoms with Gasteiger partial charge >= 0.3 is 0 Å². The monoisotopic (exact) mass is 261 g/mol. The maximum Gasteiger partial charge on any atom is 0.125 e. The van der Waals surface area contributed by atoms with Gasteiger partial charge in [-0.25, -0.2) is 0 Å². The van der Waals surface area contributed by atoms with E-state index in [0.29, 0.717) is 0 Å². The highest BCUT2D eigenvalue weighted by atomic mass is 15.3. The number of nitrogens with one attached hydrogen (secondary N) is 1. The van der Waals surface area contributed by atoms with Crippen LogP contribution in [0.1, 0.15) is 26.3 Å². The predicted octanol–water partition coefficient (Wildman–Crippen LogP) is 1.29. The van der Waals surface area contributed by atoms with Crippen molar-refractivity contribution in [3.63, 3.8) is 0 Å². The molecule has 0 amide bonds.